The maximum absolute atomic E-state index is 4.06. The van der Waals surface area contributed by atoms with Gasteiger partial charge < -0.3 is 0 Å². The summed E-state index contributed by atoms with van der Waals surface area (Å²) < 4.78 is 1.97. The van der Waals surface area contributed by atoms with Gasteiger partial charge >= 0.3 is 0 Å². The Balaban J connectivity index is 2.55. The van der Waals surface area contributed by atoms with Gasteiger partial charge in [-0.3, -0.25) is 9.38 Å². The molecule has 0 bridgehead atoms. The topological polar surface area (TPSA) is 43.1 Å². The zero-order valence-corrected chi connectivity index (χ0v) is 6.94. The van der Waals surface area contributed by atoms with Gasteiger partial charge in [0, 0.05) is 18.8 Å². The summed E-state index contributed by atoms with van der Waals surface area (Å²) in [5.41, 5.74) is 0.820. The Morgan fingerprint density at radius 3 is 3.17 bits per heavy atom. The van der Waals surface area contributed by atoms with E-state index in [9.17, 15) is 0 Å². The number of hydrogen-bond donors (Lipinski definition) is 0. The average molecular weight is 162 g/mol. The third-order valence-electron chi connectivity index (χ3n) is 1.76. The van der Waals surface area contributed by atoms with E-state index in [1.165, 1.54) is 0 Å². The summed E-state index contributed by atoms with van der Waals surface area (Å²) in [5.74, 6) is 1.01. The quantitative estimate of drug-likeness (QED) is 0.663. The van der Waals surface area contributed by atoms with Gasteiger partial charge in [0.15, 0.2) is 5.65 Å². The second kappa shape index (κ2) is 2.89. The van der Waals surface area contributed by atoms with Gasteiger partial charge in [0.1, 0.15) is 5.82 Å². The third kappa shape index (κ3) is 1.05. The van der Waals surface area contributed by atoms with Crippen LogP contribution in [0.4, 0.5) is 0 Å². The molecule has 0 spiro atoms. The number of hydrogen-bond acceptors (Lipinski definition) is 3. The highest BCUT2D eigenvalue weighted by molar-refractivity contribution is 5.33. The summed E-state index contributed by atoms with van der Waals surface area (Å²) in [7, 11) is 0. The van der Waals surface area contributed by atoms with Crippen molar-refractivity contribution < 1.29 is 0 Å². The summed E-state index contributed by atoms with van der Waals surface area (Å²) in [6, 6.07) is 0. The number of aryl methyl sites for hydroxylation is 1. The van der Waals surface area contributed by atoms with Crippen molar-refractivity contribution in [2.45, 2.75) is 19.8 Å². The van der Waals surface area contributed by atoms with E-state index in [0.717, 1.165) is 24.3 Å². The molecule has 2 aromatic heterocycles. The first-order valence-electron chi connectivity index (χ1n) is 4.05. The lowest BCUT2D eigenvalue weighted by Crippen LogP contribution is -1.93. The van der Waals surface area contributed by atoms with E-state index in [1.54, 1.807) is 12.4 Å². The monoisotopic (exact) mass is 162 g/mol. The normalized spacial score (nSPS) is 10.8. The Kier molecular flexibility index (Phi) is 1.74. The summed E-state index contributed by atoms with van der Waals surface area (Å²) in [5, 5.41) is 8.05. The molecular weight excluding hydrogens is 152 g/mol. The van der Waals surface area contributed by atoms with Crippen molar-refractivity contribution in [3.8, 4) is 0 Å². The minimum absolute atomic E-state index is 0.820. The fraction of sp³-hybridized carbons (Fsp3) is 0.375. The zero-order valence-electron chi connectivity index (χ0n) is 6.94. The van der Waals surface area contributed by atoms with Gasteiger partial charge in [-0.15, -0.1) is 10.2 Å². The first kappa shape index (κ1) is 7.21. The predicted octanol–water partition coefficient (Wildman–Crippen LogP) is 1.08. The maximum atomic E-state index is 4.06. The van der Waals surface area contributed by atoms with E-state index >= 15 is 0 Å². The maximum Gasteiger partial charge on any atom is 0.179 e. The minimum atomic E-state index is 0.820. The molecule has 0 radical (unpaired) electrons. The van der Waals surface area contributed by atoms with Crippen molar-refractivity contribution in [1.29, 1.82) is 0 Å². The standard InChI is InChI=1S/C8H10N4/c1-2-3-7-10-11-8-6-9-4-5-12(7)8/h4-6H,2-3H2,1H3. The molecule has 0 N–H and O–H groups in total. The van der Waals surface area contributed by atoms with E-state index in [4.69, 9.17) is 0 Å². The summed E-state index contributed by atoms with van der Waals surface area (Å²) in [6.07, 6.45) is 7.40. The van der Waals surface area contributed by atoms with Crippen molar-refractivity contribution in [2.24, 2.45) is 0 Å². The van der Waals surface area contributed by atoms with Crippen molar-refractivity contribution in [3.63, 3.8) is 0 Å². The van der Waals surface area contributed by atoms with E-state index in [-0.39, 0.29) is 0 Å². The van der Waals surface area contributed by atoms with Gasteiger partial charge in [-0.25, -0.2) is 0 Å². The first-order valence-corrected chi connectivity index (χ1v) is 4.05. The molecule has 2 aromatic rings. The van der Waals surface area contributed by atoms with Crippen LogP contribution < -0.4 is 0 Å². The van der Waals surface area contributed by atoms with Crippen molar-refractivity contribution in [2.75, 3.05) is 0 Å². The van der Waals surface area contributed by atoms with Gasteiger partial charge in [0.2, 0.25) is 0 Å². The van der Waals surface area contributed by atoms with Crippen LogP contribution in [0, 0.1) is 0 Å². The van der Waals surface area contributed by atoms with Gasteiger partial charge in [-0.05, 0) is 6.42 Å². The fourth-order valence-electron chi connectivity index (χ4n) is 1.20. The van der Waals surface area contributed by atoms with Crippen molar-refractivity contribution in [1.82, 2.24) is 19.6 Å². The van der Waals surface area contributed by atoms with E-state index in [1.807, 2.05) is 10.6 Å². The van der Waals surface area contributed by atoms with Gasteiger partial charge in [0.25, 0.3) is 0 Å². The molecule has 0 fully saturated rings. The summed E-state index contributed by atoms with van der Waals surface area (Å²) in [6.45, 7) is 2.13. The second-order valence-corrected chi connectivity index (χ2v) is 2.67. The zero-order chi connectivity index (χ0) is 8.39. The Morgan fingerprint density at radius 1 is 1.42 bits per heavy atom. The molecule has 0 saturated heterocycles. The van der Waals surface area contributed by atoms with Crippen molar-refractivity contribution in [3.05, 3.63) is 24.4 Å². The molecule has 12 heavy (non-hydrogen) atoms. The van der Waals surface area contributed by atoms with Gasteiger partial charge in [-0.1, -0.05) is 6.92 Å². The van der Waals surface area contributed by atoms with Crippen LogP contribution in [-0.2, 0) is 6.42 Å². The van der Waals surface area contributed by atoms with E-state index in [2.05, 4.69) is 22.1 Å². The molecule has 4 heteroatoms. The molecule has 0 amide bonds. The van der Waals surface area contributed by atoms with Crippen LogP contribution in [0.25, 0.3) is 5.65 Å². The lowest BCUT2D eigenvalue weighted by Gasteiger charge is -1.94. The molecule has 0 unspecified atom stereocenters. The third-order valence-corrected chi connectivity index (χ3v) is 1.76. The lowest BCUT2D eigenvalue weighted by atomic mass is 10.3. The average Bonchev–Trinajstić information content (AvgIpc) is 2.50. The SMILES string of the molecule is CCCc1nnc2cnccn12. The highest BCUT2D eigenvalue weighted by Gasteiger charge is 2.01. The molecule has 0 aliphatic rings. The highest BCUT2D eigenvalue weighted by atomic mass is 15.2. The molecule has 0 aliphatic heterocycles. The molecule has 0 atom stereocenters. The summed E-state index contributed by atoms with van der Waals surface area (Å²) >= 11 is 0. The van der Waals surface area contributed by atoms with Crippen LogP contribution in [0.2, 0.25) is 0 Å². The molecule has 0 aliphatic carbocycles. The van der Waals surface area contributed by atoms with Crippen LogP contribution in [0.15, 0.2) is 18.6 Å². The number of aromatic nitrogens is 4. The Morgan fingerprint density at radius 2 is 2.33 bits per heavy atom. The number of fused-ring (bicyclic) bond motifs is 1. The Bertz CT molecular complexity index is 379. The van der Waals surface area contributed by atoms with Gasteiger partial charge in [-0.2, -0.15) is 0 Å². The van der Waals surface area contributed by atoms with Crippen LogP contribution in [-0.4, -0.2) is 19.6 Å². The Labute approximate surface area is 70.3 Å². The molecule has 4 nitrogen and oxygen atoms in total. The number of rotatable bonds is 2. The van der Waals surface area contributed by atoms with Crippen LogP contribution >= 0.6 is 0 Å². The second-order valence-electron chi connectivity index (χ2n) is 2.67. The highest BCUT2D eigenvalue weighted by Crippen LogP contribution is 2.02. The minimum Gasteiger partial charge on any atom is -0.284 e. The van der Waals surface area contributed by atoms with Crippen molar-refractivity contribution >= 4 is 5.65 Å². The first-order chi connectivity index (χ1) is 5.92. The molecular formula is C8H10N4. The van der Waals surface area contributed by atoms with Gasteiger partial charge in [0.05, 0.1) is 6.20 Å². The van der Waals surface area contributed by atoms with E-state index < -0.39 is 0 Å². The fourth-order valence-corrected chi connectivity index (χ4v) is 1.20. The smallest absolute Gasteiger partial charge is 0.179 e. The molecule has 2 heterocycles. The largest absolute Gasteiger partial charge is 0.284 e. The Hall–Kier alpha value is -1.45. The molecule has 62 valence electrons. The van der Waals surface area contributed by atoms with Crippen LogP contribution in [0.3, 0.4) is 0 Å². The van der Waals surface area contributed by atoms with Crippen LogP contribution in [0.1, 0.15) is 19.2 Å². The molecule has 0 aromatic carbocycles. The van der Waals surface area contributed by atoms with E-state index in [0.29, 0.717) is 0 Å². The number of nitrogens with zero attached hydrogens (tertiary/aromatic N) is 4. The molecule has 2 rings (SSSR count). The lowest BCUT2D eigenvalue weighted by molar-refractivity contribution is 0.817. The molecule has 0 saturated carbocycles. The predicted molar refractivity (Wildman–Crippen MR) is 44.8 cm³/mol. The van der Waals surface area contributed by atoms with Crippen LogP contribution in [0.5, 0.6) is 0 Å². The summed E-state index contributed by atoms with van der Waals surface area (Å²) in [4.78, 5) is 3.96.